The van der Waals surface area contributed by atoms with Gasteiger partial charge in [0.2, 0.25) is 5.88 Å². The molecule has 5 aromatic rings. The summed E-state index contributed by atoms with van der Waals surface area (Å²) in [4.78, 5) is 44.5. The van der Waals surface area contributed by atoms with E-state index in [1.807, 2.05) is 60.7 Å². The minimum absolute atomic E-state index is 0.0380. The molecule has 1 aliphatic rings. The summed E-state index contributed by atoms with van der Waals surface area (Å²) in [5.41, 5.74) is 4.24. The Morgan fingerprint density at radius 3 is 2.48 bits per heavy atom. The summed E-state index contributed by atoms with van der Waals surface area (Å²) in [7, 11) is 2.92. The van der Waals surface area contributed by atoms with E-state index in [9.17, 15) is 14.0 Å². The maximum Gasteiger partial charge on any atom is 0.339 e. The number of rotatable bonds is 7. The molecule has 1 saturated heterocycles. The van der Waals surface area contributed by atoms with Gasteiger partial charge in [0.25, 0.3) is 5.91 Å². The van der Waals surface area contributed by atoms with E-state index in [1.54, 1.807) is 32.2 Å². The van der Waals surface area contributed by atoms with Gasteiger partial charge in [0, 0.05) is 42.8 Å². The van der Waals surface area contributed by atoms with E-state index in [0.29, 0.717) is 60.2 Å². The highest BCUT2D eigenvalue weighted by molar-refractivity contribution is 6.30. The fraction of sp³-hybridized carbons (Fsp3) is 0.306. The number of nitrogens with zero attached hydrogens (tertiary/aromatic N) is 6. The predicted octanol–water partition coefficient (Wildman–Crippen LogP) is 6.49. The number of fused-ring (bicyclic) bond motifs is 1. The van der Waals surface area contributed by atoms with Crippen LogP contribution in [0.25, 0.3) is 22.2 Å². The molecule has 1 fully saturated rings. The Kier molecular flexibility index (Phi) is 8.82. The highest BCUT2D eigenvalue weighted by Crippen LogP contribution is 2.34. The first-order valence-corrected chi connectivity index (χ1v) is 15.9. The maximum absolute atomic E-state index is 14.5. The van der Waals surface area contributed by atoms with E-state index in [0.717, 1.165) is 28.0 Å². The summed E-state index contributed by atoms with van der Waals surface area (Å²) in [5.74, 6) is 0.0871. The summed E-state index contributed by atoms with van der Waals surface area (Å²) in [6.45, 7) is 9.55. The highest BCUT2D eigenvalue weighted by atomic mass is 35.5. The fourth-order valence-electron chi connectivity index (χ4n) is 6.38. The van der Waals surface area contributed by atoms with Crippen LogP contribution in [0.1, 0.15) is 51.6 Å². The third kappa shape index (κ3) is 6.17. The molecule has 0 spiro atoms. The molecule has 4 aromatic heterocycles. The molecule has 0 aliphatic carbocycles. The van der Waals surface area contributed by atoms with E-state index in [-0.39, 0.29) is 10.9 Å². The van der Waals surface area contributed by atoms with Gasteiger partial charge in [-0.25, -0.2) is 24.1 Å². The zero-order chi connectivity index (χ0) is 34.3. The van der Waals surface area contributed by atoms with Crippen LogP contribution in [-0.4, -0.2) is 75.7 Å². The van der Waals surface area contributed by atoms with Gasteiger partial charge in [-0.15, -0.1) is 0 Å². The van der Waals surface area contributed by atoms with Crippen LogP contribution in [0.4, 0.5) is 10.2 Å². The predicted molar refractivity (Wildman–Crippen MR) is 182 cm³/mol. The van der Waals surface area contributed by atoms with Gasteiger partial charge in [0.15, 0.2) is 0 Å². The average Bonchev–Trinajstić information content (AvgIpc) is 3.42. The maximum atomic E-state index is 14.5. The first kappa shape index (κ1) is 32.9. The standard InChI is InChI=1S/C36H36ClFN6O4/c1-21-16-30(39-22(2)32(21)35(46)48-6)42-14-15-44(36(3,4)20-42)34(45)29-13-11-25-26(23-10-12-27(37)28(38)17-23)19-43(33(25)41-29)18-24-8-7-9-31(40-24)47-5/h7-13,16-17,19H,14-15,18,20H2,1-6H3. The molecule has 48 heavy (non-hydrogen) atoms. The molecular formula is C36H36ClFN6O4. The molecule has 1 aromatic carbocycles. The normalized spacial score (nSPS) is 14.3. The largest absolute Gasteiger partial charge is 0.481 e. The van der Waals surface area contributed by atoms with Crippen LogP contribution >= 0.6 is 11.6 Å². The Balaban J connectivity index is 1.33. The van der Waals surface area contributed by atoms with Crippen molar-refractivity contribution in [1.29, 1.82) is 0 Å². The van der Waals surface area contributed by atoms with Gasteiger partial charge in [0.05, 0.1) is 48.3 Å². The van der Waals surface area contributed by atoms with Crippen LogP contribution in [0.15, 0.2) is 60.8 Å². The lowest BCUT2D eigenvalue weighted by Gasteiger charge is -2.47. The molecule has 0 bridgehead atoms. The van der Waals surface area contributed by atoms with Crippen molar-refractivity contribution in [2.24, 2.45) is 0 Å². The number of anilines is 1. The summed E-state index contributed by atoms with van der Waals surface area (Å²) >= 11 is 5.98. The summed E-state index contributed by atoms with van der Waals surface area (Å²) in [6.07, 6.45) is 1.89. The molecule has 0 unspecified atom stereocenters. The number of pyridine rings is 3. The average molecular weight is 671 g/mol. The molecular weight excluding hydrogens is 635 g/mol. The molecule has 12 heteroatoms. The monoisotopic (exact) mass is 670 g/mol. The zero-order valence-corrected chi connectivity index (χ0v) is 28.4. The third-order valence-electron chi connectivity index (χ3n) is 8.74. The number of ether oxygens (including phenoxy) is 2. The number of methoxy groups -OCH3 is 2. The van der Waals surface area contributed by atoms with E-state index in [4.69, 9.17) is 31.0 Å². The topological polar surface area (TPSA) is 103 Å². The molecule has 6 rings (SSSR count). The van der Waals surface area contributed by atoms with Crippen LogP contribution in [0.3, 0.4) is 0 Å². The number of hydrogen-bond acceptors (Lipinski definition) is 8. The SMILES string of the molecule is COC(=O)c1c(C)cc(N2CCN(C(=O)c3ccc4c(-c5ccc(Cl)c(F)c5)cn(Cc5cccc(OC)n5)c4n3)C(C)(C)C2)nc1C. The minimum Gasteiger partial charge on any atom is -0.481 e. The van der Waals surface area contributed by atoms with Crippen molar-refractivity contribution in [3.05, 3.63) is 99.8 Å². The van der Waals surface area contributed by atoms with E-state index in [2.05, 4.69) is 9.88 Å². The van der Waals surface area contributed by atoms with Gasteiger partial charge in [-0.1, -0.05) is 23.7 Å². The van der Waals surface area contributed by atoms with Crippen molar-refractivity contribution in [2.75, 3.05) is 38.8 Å². The number of esters is 1. The molecule has 10 nitrogen and oxygen atoms in total. The Hall–Kier alpha value is -5.03. The van der Waals surface area contributed by atoms with Gasteiger partial charge < -0.3 is 23.8 Å². The highest BCUT2D eigenvalue weighted by Gasteiger charge is 2.38. The van der Waals surface area contributed by atoms with Gasteiger partial charge in [-0.2, -0.15) is 0 Å². The number of amides is 1. The second-order valence-corrected chi connectivity index (χ2v) is 12.9. The molecule has 248 valence electrons. The van der Waals surface area contributed by atoms with Gasteiger partial charge in [-0.3, -0.25) is 4.79 Å². The molecule has 0 atom stereocenters. The van der Waals surface area contributed by atoms with Crippen LogP contribution in [-0.2, 0) is 11.3 Å². The smallest absolute Gasteiger partial charge is 0.339 e. The quantitative estimate of drug-likeness (QED) is 0.181. The van der Waals surface area contributed by atoms with E-state index >= 15 is 0 Å². The Labute approximate surface area is 283 Å². The molecule has 1 aliphatic heterocycles. The number of aryl methyl sites for hydroxylation is 2. The fourth-order valence-corrected chi connectivity index (χ4v) is 6.50. The van der Waals surface area contributed by atoms with E-state index in [1.165, 1.54) is 19.2 Å². The van der Waals surface area contributed by atoms with Crippen molar-refractivity contribution in [2.45, 2.75) is 39.8 Å². The Bertz CT molecular complexity index is 2040. The van der Waals surface area contributed by atoms with Crippen molar-refractivity contribution < 1.29 is 23.5 Å². The summed E-state index contributed by atoms with van der Waals surface area (Å²) in [6, 6.07) is 15.7. The van der Waals surface area contributed by atoms with Crippen LogP contribution in [0, 0.1) is 19.7 Å². The van der Waals surface area contributed by atoms with Crippen LogP contribution in [0.2, 0.25) is 5.02 Å². The van der Waals surface area contributed by atoms with Crippen molar-refractivity contribution in [3.63, 3.8) is 0 Å². The number of aromatic nitrogens is 4. The van der Waals surface area contributed by atoms with Gasteiger partial charge in [0.1, 0.15) is 23.0 Å². The lowest BCUT2D eigenvalue weighted by Crippen LogP contribution is -2.61. The molecule has 5 heterocycles. The second kappa shape index (κ2) is 12.9. The third-order valence-corrected chi connectivity index (χ3v) is 9.05. The van der Waals surface area contributed by atoms with E-state index < -0.39 is 17.3 Å². The van der Waals surface area contributed by atoms with Crippen LogP contribution < -0.4 is 9.64 Å². The number of benzene rings is 1. The molecule has 0 N–H and O–H groups in total. The number of halogens is 2. The van der Waals surface area contributed by atoms with Crippen molar-refractivity contribution >= 4 is 40.3 Å². The Morgan fingerprint density at radius 1 is 1.00 bits per heavy atom. The van der Waals surface area contributed by atoms with Crippen LogP contribution in [0.5, 0.6) is 5.88 Å². The first-order valence-electron chi connectivity index (χ1n) is 15.5. The first-order chi connectivity index (χ1) is 22.9. The molecule has 0 saturated carbocycles. The number of carbonyl (C=O) groups excluding carboxylic acids is 2. The summed E-state index contributed by atoms with van der Waals surface area (Å²) in [5, 5.41) is 0.795. The lowest BCUT2D eigenvalue weighted by atomic mass is 9.97. The minimum atomic E-state index is -0.574. The molecule has 1 amide bonds. The van der Waals surface area contributed by atoms with Gasteiger partial charge >= 0.3 is 5.97 Å². The number of hydrogen-bond donors (Lipinski definition) is 0. The molecule has 0 radical (unpaired) electrons. The van der Waals surface area contributed by atoms with Crippen molar-refractivity contribution in [3.8, 4) is 17.0 Å². The second-order valence-electron chi connectivity index (χ2n) is 12.5. The van der Waals surface area contributed by atoms with Gasteiger partial charge in [-0.05, 0) is 75.2 Å². The number of piperazine rings is 1. The zero-order valence-electron chi connectivity index (χ0n) is 27.7. The lowest BCUT2D eigenvalue weighted by molar-refractivity contribution is 0.0506. The Morgan fingerprint density at radius 2 is 1.79 bits per heavy atom. The van der Waals surface area contributed by atoms with Crippen molar-refractivity contribution in [1.82, 2.24) is 24.4 Å². The number of carbonyl (C=O) groups is 2. The summed E-state index contributed by atoms with van der Waals surface area (Å²) < 4.78 is 26.7.